The van der Waals surface area contributed by atoms with E-state index in [-0.39, 0.29) is 17.9 Å². The lowest BCUT2D eigenvalue weighted by molar-refractivity contribution is -0.132. The number of aromatic nitrogens is 3. The number of oxazole rings is 1. The molecule has 1 aromatic carbocycles. The Balaban J connectivity index is 1.55. The van der Waals surface area contributed by atoms with Crippen molar-refractivity contribution >= 4 is 5.91 Å². The molecule has 3 heterocycles. The Bertz CT molecular complexity index is 886. The molecular formula is C19H20N4O3. The molecule has 1 aliphatic rings. The van der Waals surface area contributed by atoms with E-state index in [1.54, 1.807) is 13.1 Å². The molecule has 3 aromatic rings. The quantitative estimate of drug-likeness (QED) is 0.717. The lowest BCUT2D eigenvalue weighted by atomic mass is 9.90. The Kier molecular flexibility index (Phi) is 4.28. The zero-order valence-electron chi connectivity index (χ0n) is 14.8. The van der Waals surface area contributed by atoms with Crippen LogP contribution in [0, 0.1) is 0 Å². The van der Waals surface area contributed by atoms with E-state index in [1.165, 1.54) is 6.39 Å². The summed E-state index contributed by atoms with van der Waals surface area (Å²) >= 11 is 0. The van der Waals surface area contributed by atoms with Gasteiger partial charge in [-0.05, 0) is 31.9 Å². The molecule has 7 heteroatoms. The summed E-state index contributed by atoms with van der Waals surface area (Å²) in [5.41, 5.74) is 1.78. The van der Waals surface area contributed by atoms with Crippen LogP contribution in [0.1, 0.15) is 38.5 Å². The number of carbonyl (C=O) groups is 1. The van der Waals surface area contributed by atoms with E-state index < -0.39 is 0 Å². The second-order valence-corrected chi connectivity index (χ2v) is 6.59. The van der Waals surface area contributed by atoms with Gasteiger partial charge in [0.1, 0.15) is 0 Å². The van der Waals surface area contributed by atoms with Crippen molar-refractivity contribution in [3.63, 3.8) is 0 Å². The smallest absolute Gasteiger partial charge is 0.247 e. The zero-order chi connectivity index (χ0) is 18.1. The molecule has 1 aliphatic heterocycles. The average Bonchev–Trinajstić information content (AvgIpc) is 3.34. The third-order valence-corrected chi connectivity index (χ3v) is 5.00. The van der Waals surface area contributed by atoms with Gasteiger partial charge in [-0.1, -0.05) is 12.1 Å². The van der Waals surface area contributed by atoms with Crippen LogP contribution in [0.4, 0.5) is 0 Å². The van der Waals surface area contributed by atoms with Gasteiger partial charge in [-0.3, -0.25) is 4.79 Å². The van der Waals surface area contributed by atoms with Gasteiger partial charge in [-0.25, -0.2) is 4.98 Å². The molecule has 134 valence electrons. The maximum absolute atomic E-state index is 11.8. The van der Waals surface area contributed by atoms with E-state index in [0.29, 0.717) is 17.5 Å². The molecule has 1 amide bonds. The molecule has 7 nitrogen and oxygen atoms in total. The number of rotatable bonds is 3. The molecule has 0 N–H and O–H groups in total. The number of nitrogens with zero attached hydrogens (tertiary/aromatic N) is 4. The van der Waals surface area contributed by atoms with Crippen LogP contribution in [0.3, 0.4) is 0 Å². The average molecular weight is 352 g/mol. The van der Waals surface area contributed by atoms with E-state index in [2.05, 4.69) is 15.2 Å². The molecular weight excluding hydrogens is 332 g/mol. The molecule has 1 saturated heterocycles. The minimum Gasteiger partial charge on any atom is -0.444 e. The van der Waals surface area contributed by atoms with Gasteiger partial charge in [0.15, 0.2) is 12.2 Å². The van der Waals surface area contributed by atoms with E-state index in [4.69, 9.17) is 8.83 Å². The summed E-state index contributed by atoms with van der Waals surface area (Å²) in [7, 11) is 0. The predicted molar refractivity (Wildman–Crippen MR) is 94.1 cm³/mol. The Morgan fingerprint density at radius 1 is 1.19 bits per heavy atom. The maximum atomic E-state index is 11.8. The topological polar surface area (TPSA) is 85.3 Å². The van der Waals surface area contributed by atoms with E-state index in [1.807, 2.05) is 36.1 Å². The van der Waals surface area contributed by atoms with Crippen molar-refractivity contribution in [2.45, 2.75) is 38.6 Å². The van der Waals surface area contributed by atoms with Crippen molar-refractivity contribution < 1.29 is 13.6 Å². The summed E-state index contributed by atoms with van der Waals surface area (Å²) in [6.07, 6.45) is 4.96. The Labute approximate surface area is 151 Å². The number of piperidine rings is 1. The van der Waals surface area contributed by atoms with Gasteiger partial charge >= 0.3 is 0 Å². The van der Waals surface area contributed by atoms with Crippen LogP contribution < -0.4 is 0 Å². The first-order valence-electron chi connectivity index (χ1n) is 8.73. The van der Waals surface area contributed by atoms with Crippen molar-refractivity contribution in [2.75, 3.05) is 6.54 Å². The molecule has 26 heavy (non-hydrogen) atoms. The van der Waals surface area contributed by atoms with Crippen LogP contribution >= 0.6 is 0 Å². The van der Waals surface area contributed by atoms with Gasteiger partial charge in [-0.2, -0.15) is 0 Å². The third-order valence-electron chi connectivity index (χ3n) is 5.00. The predicted octanol–water partition coefficient (Wildman–Crippen LogP) is 3.51. The number of amides is 1. The SMILES string of the molecule is CC(=O)N1CCC[C@H](c2nnc(-c3ccc(-c4cnco4)cc3)o2)[C@@H]1C. The van der Waals surface area contributed by atoms with Crippen molar-refractivity contribution in [2.24, 2.45) is 0 Å². The monoisotopic (exact) mass is 352 g/mol. The fraction of sp³-hybridized carbons (Fsp3) is 0.368. The first-order chi connectivity index (χ1) is 12.6. The molecule has 0 spiro atoms. The van der Waals surface area contributed by atoms with Crippen LogP contribution in [-0.2, 0) is 4.79 Å². The summed E-state index contributed by atoms with van der Waals surface area (Å²) in [6, 6.07) is 7.76. The number of hydrogen-bond acceptors (Lipinski definition) is 6. The lowest BCUT2D eigenvalue weighted by Gasteiger charge is -2.37. The molecule has 0 radical (unpaired) electrons. The maximum Gasteiger partial charge on any atom is 0.247 e. The number of benzene rings is 1. The van der Waals surface area contributed by atoms with Crippen LogP contribution in [0.2, 0.25) is 0 Å². The second-order valence-electron chi connectivity index (χ2n) is 6.59. The molecule has 0 unspecified atom stereocenters. The summed E-state index contributed by atoms with van der Waals surface area (Å²) in [5, 5.41) is 8.45. The molecule has 0 bridgehead atoms. The number of carbonyl (C=O) groups excluding carboxylic acids is 1. The molecule has 1 fully saturated rings. The largest absolute Gasteiger partial charge is 0.444 e. The highest BCUT2D eigenvalue weighted by atomic mass is 16.4. The van der Waals surface area contributed by atoms with Crippen molar-refractivity contribution in [1.29, 1.82) is 0 Å². The highest BCUT2D eigenvalue weighted by Crippen LogP contribution is 2.33. The van der Waals surface area contributed by atoms with Crippen molar-refractivity contribution in [3.8, 4) is 22.8 Å². The Morgan fingerprint density at radius 3 is 2.65 bits per heavy atom. The van der Waals surface area contributed by atoms with Crippen molar-refractivity contribution in [3.05, 3.63) is 42.7 Å². The standard InChI is InChI=1S/C19H20N4O3/c1-12-16(4-3-9-23(12)13(2)24)19-22-21-18(26-19)15-7-5-14(6-8-15)17-10-20-11-25-17/h5-8,10-12,16H,3-4,9H2,1-2H3/t12-,16-/m0/s1. The van der Waals surface area contributed by atoms with E-state index in [9.17, 15) is 4.79 Å². The van der Waals surface area contributed by atoms with Crippen LogP contribution in [0.15, 0.2) is 45.7 Å². The fourth-order valence-corrected chi connectivity index (χ4v) is 3.55. The van der Waals surface area contributed by atoms with Gasteiger partial charge in [0.25, 0.3) is 0 Å². The number of hydrogen-bond donors (Lipinski definition) is 0. The normalized spacial score (nSPS) is 20.3. The van der Waals surface area contributed by atoms with E-state index in [0.717, 1.165) is 30.5 Å². The highest BCUT2D eigenvalue weighted by Gasteiger charge is 2.34. The highest BCUT2D eigenvalue weighted by molar-refractivity contribution is 5.73. The minimum absolute atomic E-state index is 0.0587. The van der Waals surface area contributed by atoms with E-state index >= 15 is 0 Å². The summed E-state index contributed by atoms with van der Waals surface area (Å²) in [4.78, 5) is 17.6. The fourth-order valence-electron chi connectivity index (χ4n) is 3.55. The first kappa shape index (κ1) is 16.5. The molecule has 0 saturated carbocycles. The summed E-state index contributed by atoms with van der Waals surface area (Å²) in [5.74, 6) is 1.95. The third kappa shape index (κ3) is 3.00. The van der Waals surface area contributed by atoms with Crippen LogP contribution in [0.5, 0.6) is 0 Å². The lowest BCUT2D eigenvalue weighted by Crippen LogP contribution is -2.44. The van der Waals surface area contributed by atoms with Crippen molar-refractivity contribution in [1.82, 2.24) is 20.1 Å². The first-order valence-corrected chi connectivity index (χ1v) is 8.73. The van der Waals surface area contributed by atoms with Gasteiger partial charge in [0.2, 0.25) is 17.7 Å². The van der Waals surface area contributed by atoms with Gasteiger partial charge in [0, 0.05) is 30.6 Å². The van der Waals surface area contributed by atoms with Gasteiger partial charge in [-0.15, -0.1) is 10.2 Å². The molecule has 0 aliphatic carbocycles. The number of likely N-dealkylation sites (tertiary alicyclic amines) is 1. The van der Waals surface area contributed by atoms with Crippen LogP contribution in [0.25, 0.3) is 22.8 Å². The summed E-state index contributed by atoms with van der Waals surface area (Å²) in [6.45, 7) is 4.44. The minimum atomic E-state index is 0.0587. The zero-order valence-corrected chi connectivity index (χ0v) is 14.8. The Morgan fingerprint density at radius 2 is 1.96 bits per heavy atom. The summed E-state index contributed by atoms with van der Waals surface area (Å²) < 4.78 is 11.2. The van der Waals surface area contributed by atoms with Gasteiger partial charge < -0.3 is 13.7 Å². The second kappa shape index (κ2) is 6.74. The molecule has 2 atom stereocenters. The molecule has 4 rings (SSSR count). The van der Waals surface area contributed by atoms with Gasteiger partial charge in [0.05, 0.1) is 12.1 Å². The molecule has 2 aromatic heterocycles. The van der Waals surface area contributed by atoms with Crippen LogP contribution in [-0.4, -0.2) is 38.6 Å². The Hall–Kier alpha value is -2.96.